The van der Waals surface area contributed by atoms with E-state index in [1.165, 1.54) is 11.6 Å². The summed E-state index contributed by atoms with van der Waals surface area (Å²) in [4.78, 5) is 0. The molecule has 27 heavy (non-hydrogen) atoms. The Bertz CT molecular complexity index is 2180. The number of nitrogens with zero attached hydrogens (tertiary/aromatic N) is 2. The Balaban J connectivity index is 2.01. The van der Waals surface area contributed by atoms with Gasteiger partial charge in [0.2, 0.25) is 0 Å². The molecule has 4 aromatic carbocycles. The first-order valence-electron chi connectivity index (χ1n) is 15.6. The molecule has 0 bridgehead atoms. The van der Waals surface area contributed by atoms with Gasteiger partial charge in [-0.3, -0.25) is 0 Å². The van der Waals surface area contributed by atoms with E-state index in [0.29, 0.717) is 0 Å². The van der Waals surface area contributed by atoms with E-state index in [4.69, 9.17) is 19.2 Å². The van der Waals surface area contributed by atoms with Crippen LogP contribution < -0.4 is 0 Å². The van der Waals surface area contributed by atoms with Crippen LogP contribution in [0.2, 0.25) is 0 Å². The Morgan fingerprint density at radius 2 is 1.04 bits per heavy atom. The van der Waals surface area contributed by atoms with Crippen molar-refractivity contribution < 1.29 is 20.6 Å². The van der Waals surface area contributed by atoms with E-state index in [-0.39, 0.29) is 43.6 Å². The van der Waals surface area contributed by atoms with Crippen molar-refractivity contribution in [3.05, 3.63) is 90.6 Å². The third kappa shape index (κ3) is 1.90. The molecule has 0 unspecified atom stereocenters. The van der Waals surface area contributed by atoms with E-state index < -0.39 is 96.3 Å². The third-order valence-corrected chi connectivity index (χ3v) is 4.62. The molecule has 0 saturated heterocycles. The van der Waals surface area contributed by atoms with Gasteiger partial charge < -0.3 is 9.13 Å². The molecule has 0 spiro atoms. The summed E-state index contributed by atoms with van der Waals surface area (Å²) in [6.45, 7) is 0. The molecule has 0 aliphatic carbocycles. The zero-order chi connectivity index (χ0) is 31.0. The van der Waals surface area contributed by atoms with Crippen LogP contribution >= 0.6 is 0 Å². The summed E-state index contributed by atoms with van der Waals surface area (Å²) in [6, 6.07) is -8.79. The molecule has 0 fully saturated rings. The minimum Gasteiger partial charge on any atom is -0.344 e. The van der Waals surface area contributed by atoms with Crippen LogP contribution in [0.3, 0.4) is 0 Å². The van der Waals surface area contributed by atoms with Crippen molar-refractivity contribution in [1.82, 2.24) is 9.13 Å². The maximum Gasteiger partial charge on any atom is 0.0652 e. The maximum atomic E-state index is 9.26. The van der Waals surface area contributed by atoms with Gasteiger partial charge in [-0.2, -0.15) is 0 Å². The molecular weight excluding hydrogens is 328 g/mol. The Morgan fingerprint density at radius 3 is 1.67 bits per heavy atom. The first-order chi connectivity index (χ1) is 19.6. The lowest BCUT2D eigenvalue weighted by atomic mass is 10.1. The first kappa shape index (κ1) is 6.28. The second-order valence-electron chi connectivity index (χ2n) is 6.01. The van der Waals surface area contributed by atoms with Gasteiger partial charge in [-0.15, -0.1) is 0 Å². The molecule has 6 rings (SSSR count). The van der Waals surface area contributed by atoms with Crippen LogP contribution in [0.1, 0.15) is 20.6 Å². The van der Waals surface area contributed by atoms with Crippen molar-refractivity contribution >= 4 is 43.6 Å². The van der Waals surface area contributed by atoms with Crippen molar-refractivity contribution in [2.75, 3.05) is 0 Å². The van der Waals surface area contributed by atoms with Crippen LogP contribution in [-0.2, 0) is 7.05 Å². The summed E-state index contributed by atoms with van der Waals surface area (Å²) in [5, 5.41) is -0.725. The molecule has 2 nitrogen and oxygen atoms in total. The summed E-state index contributed by atoms with van der Waals surface area (Å²) in [5.74, 6) is 0. The van der Waals surface area contributed by atoms with Gasteiger partial charge in [0.1, 0.15) is 0 Å². The Kier molecular flexibility index (Phi) is 1.22. The molecule has 128 valence electrons. The number of para-hydroxylation sites is 3. The highest BCUT2D eigenvalue weighted by Gasteiger charge is 2.13. The summed E-state index contributed by atoms with van der Waals surface area (Å²) >= 11 is 0. The number of aryl methyl sites for hydroxylation is 1. The predicted octanol–water partition coefficient (Wildman–Crippen LogP) is 6.43. The average molecular weight is 362 g/mol. The Labute approximate surface area is 177 Å². The minimum atomic E-state index is -0.684. The molecule has 2 aromatic heterocycles. The number of rotatable bonds is 1. The van der Waals surface area contributed by atoms with Crippen molar-refractivity contribution in [3.63, 3.8) is 0 Å². The molecule has 0 saturated carbocycles. The molecular formula is C25H18N2. The lowest BCUT2D eigenvalue weighted by Crippen LogP contribution is -1.94. The van der Waals surface area contributed by atoms with Crippen molar-refractivity contribution in [2.24, 2.45) is 7.05 Å². The third-order valence-electron chi connectivity index (χ3n) is 4.62. The lowest BCUT2D eigenvalue weighted by Gasteiger charge is -2.08. The predicted molar refractivity (Wildman–Crippen MR) is 115 cm³/mol. The highest BCUT2D eigenvalue weighted by Crippen LogP contribution is 2.34. The van der Waals surface area contributed by atoms with E-state index in [0.717, 1.165) is 4.57 Å². The van der Waals surface area contributed by atoms with Crippen molar-refractivity contribution in [3.8, 4) is 5.69 Å². The number of aromatic nitrogens is 2. The normalized spacial score (nSPS) is 19.7. The zero-order valence-corrected chi connectivity index (χ0v) is 13.9. The summed E-state index contributed by atoms with van der Waals surface area (Å²) in [5.41, 5.74) is -1.15. The number of fused-ring (bicyclic) bond motifs is 6. The molecule has 2 heterocycles. The van der Waals surface area contributed by atoms with Gasteiger partial charge in [-0.1, -0.05) is 54.4 Å². The van der Waals surface area contributed by atoms with Crippen LogP contribution in [0.5, 0.6) is 0 Å². The van der Waals surface area contributed by atoms with Gasteiger partial charge in [0.15, 0.2) is 0 Å². The van der Waals surface area contributed by atoms with Gasteiger partial charge in [0.25, 0.3) is 0 Å². The van der Waals surface area contributed by atoms with E-state index >= 15 is 0 Å². The maximum absolute atomic E-state index is 9.26. The van der Waals surface area contributed by atoms with Crippen LogP contribution in [0, 0.1) is 0 Å². The second kappa shape index (κ2) is 5.24. The molecule has 0 amide bonds. The Morgan fingerprint density at radius 1 is 0.556 bits per heavy atom. The van der Waals surface area contributed by atoms with E-state index in [1.54, 1.807) is 0 Å². The SMILES string of the molecule is [2H]c1c([2H])c([2H])c2c(c1[2H])c1c([2H])c(-n3c4c([2H])c([2H])c([2H])c([2H])c4c4c([2H])c([2H])c([2H])c([2H])c43)c([2H])c([2H])c1n2C. The second-order valence-corrected chi connectivity index (χ2v) is 6.01. The minimum absolute atomic E-state index is 0.0133. The van der Waals surface area contributed by atoms with Crippen LogP contribution in [0.15, 0.2) is 90.6 Å². The topological polar surface area (TPSA) is 9.86 Å². The quantitative estimate of drug-likeness (QED) is 0.319. The first-order valence-corrected chi connectivity index (χ1v) is 8.07. The molecule has 0 atom stereocenters. The van der Waals surface area contributed by atoms with Crippen molar-refractivity contribution in [2.45, 2.75) is 0 Å². The van der Waals surface area contributed by atoms with E-state index in [9.17, 15) is 1.37 Å². The van der Waals surface area contributed by atoms with Gasteiger partial charge in [-0.05, 0) is 36.3 Å². The molecule has 6 aromatic rings. The van der Waals surface area contributed by atoms with Gasteiger partial charge in [0.05, 0.1) is 31.6 Å². The smallest absolute Gasteiger partial charge is 0.0652 e. The Hall–Kier alpha value is -3.52. The molecule has 0 radical (unpaired) electrons. The zero-order valence-electron chi connectivity index (χ0n) is 28.9. The van der Waals surface area contributed by atoms with Gasteiger partial charge in [0, 0.05) is 45.3 Å². The largest absolute Gasteiger partial charge is 0.344 e. The molecule has 0 N–H and O–H groups in total. The summed E-state index contributed by atoms with van der Waals surface area (Å²) in [6.07, 6.45) is 0. The number of hydrogen-bond donors (Lipinski definition) is 0. The van der Waals surface area contributed by atoms with Crippen molar-refractivity contribution in [1.29, 1.82) is 0 Å². The van der Waals surface area contributed by atoms with Crippen LogP contribution in [-0.4, -0.2) is 9.13 Å². The van der Waals surface area contributed by atoms with Gasteiger partial charge >= 0.3 is 0 Å². The summed E-state index contributed by atoms with van der Waals surface area (Å²) < 4.78 is 130. The van der Waals surface area contributed by atoms with E-state index in [2.05, 4.69) is 0 Å². The van der Waals surface area contributed by atoms with E-state index in [1.807, 2.05) is 0 Å². The fourth-order valence-electron chi connectivity index (χ4n) is 3.43. The van der Waals surface area contributed by atoms with Crippen LogP contribution in [0.4, 0.5) is 0 Å². The molecule has 0 aliphatic heterocycles. The summed E-state index contributed by atoms with van der Waals surface area (Å²) in [7, 11) is 1.44. The lowest BCUT2D eigenvalue weighted by molar-refractivity contribution is 1.01. The number of hydrogen-bond acceptors (Lipinski definition) is 0. The number of benzene rings is 4. The molecule has 2 heteroatoms. The highest BCUT2D eigenvalue weighted by atomic mass is 15.0. The fraction of sp³-hybridized carbons (Fsp3) is 0.0400. The fourth-order valence-corrected chi connectivity index (χ4v) is 3.43. The highest BCUT2D eigenvalue weighted by molar-refractivity contribution is 6.11. The van der Waals surface area contributed by atoms with Gasteiger partial charge in [-0.25, -0.2) is 0 Å². The average Bonchev–Trinajstić information content (AvgIpc) is 3.47. The van der Waals surface area contributed by atoms with Crippen LogP contribution in [0.25, 0.3) is 49.3 Å². The standard InChI is InChI=1S/C25H18N2/c1-26-22-11-5-2-10-20(22)21-16-17(14-15-23(21)26)27-24-12-6-3-8-18(24)19-9-4-7-13-25(19)27/h2-16H,1H3/i2D,3D,4D,5D,6D,7D,8D,9D,10D,11D,12D,13D,14D,15D,16D. The molecule has 0 aliphatic rings. The monoisotopic (exact) mass is 361 g/mol.